The average Bonchev–Trinajstić information content (AvgIpc) is 2.37. The van der Waals surface area contributed by atoms with E-state index in [9.17, 15) is 0 Å². The summed E-state index contributed by atoms with van der Waals surface area (Å²) in [7, 11) is 0. The molecule has 0 saturated carbocycles. The van der Waals surface area contributed by atoms with Crippen molar-refractivity contribution in [2.24, 2.45) is 0 Å². The van der Waals surface area contributed by atoms with Crippen LogP contribution in [0, 0.1) is 0 Å². The van der Waals surface area contributed by atoms with Crippen LogP contribution in [0.5, 0.6) is 0 Å². The molecular formula is C15H16ClN. The van der Waals surface area contributed by atoms with Gasteiger partial charge in [-0.3, -0.25) is 0 Å². The van der Waals surface area contributed by atoms with Crippen molar-refractivity contribution in [1.82, 2.24) is 0 Å². The van der Waals surface area contributed by atoms with Gasteiger partial charge in [0.25, 0.3) is 0 Å². The van der Waals surface area contributed by atoms with Crippen LogP contribution < -0.4 is 5.32 Å². The van der Waals surface area contributed by atoms with Gasteiger partial charge in [0, 0.05) is 10.7 Å². The van der Waals surface area contributed by atoms with E-state index in [2.05, 4.69) is 36.5 Å². The van der Waals surface area contributed by atoms with Crippen molar-refractivity contribution in [2.75, 3.05) is 5.32 Å². The number of hydrogen-bond acceptors (Lipinski definition) is 1. The highest BCUT2D eigenvalue weighted by atomic mass is 35.5. The van der Waals surface area contributed by atoms with Crippen LogP contribution in [-0.2, 0) is 0 Å². The smallest absolute Gasteiger partial charge is 0.0511 e. The van der Waals surface area contributed by atoms with Crippen LogP contribution >= 0.6 is 11.6 Å². The van der Waals surface area contributed by atoms with Crippen LogP contribution in [0.15, 0.2) is 54.6 Å². The summed E-state index contributed by atoms with van der Waals surface area (Å²) in [6.45, 7) is 2.18. The molecule has 0 radical (unpaired) electrons. The van der Waals surface area contributed by atoms with Crippen LogP contribution in [0.2, 0.25) is 5.02 Å². The number of nitrogens with one attached hydrogen (secondary N) is 1. The first-order valence-corrected chi connectivity index (χ1v) is 6.24. The number of anilines is 1. The Morgan fingerprint density at radius 3 is 2.47 bits per heavy atom. The summed E-state index contributed by atoms with van der Waals surface area (Å²) in [6.07, 6.45) is 1.04. The maximum absolute atomic E-state index is 5.98. The zero-order chi connectivity index (χ0) is 12.1. The van der Waals surface area contributed by atoms with Gasteiger partial charge in [0.2, 0.25) is 0 Å². The van der Waals surface area contributed by atoms with Crippen molar-refractivity contribution < 1.29 is 0 Å². The fraction of sp³-hybridized carbons (Fsp3) is 0.200. The second-order valence-corrected chi connectivity index (χ2v) is 4.46. The summed E-state index contributed by atoms with van der Waals surface area (Å²) < 4.78 is 0. The Balaban J connectivity index is 2.16. The molecular weight excluding hydrogens is 230 g/mol. The van der Waals surface area contributed by atoms with E-state index in [1.54, 1.807) is 0 Å². The Labute approximate surface area is 107 Å². The van der Waals surface area contributed by atoms with Crippen molar-refractivity contribution in [2.45, 2.75) is 19.4 Å². The second kappa shape index (κ2) is 5.74. The molecule has 0 aromatic heterocycles. The standard InChI is InChI=1S/C15H16ClN/c1-2-15(12-7-4-3-5-8-12)17-14-10-6-9-13(16)11-14/h3-11,15,17H,2H2,1H3. The molecule has 0 fully saturated rings. The minimum atomic E-state index is 0.328. The first-order valence-electron chi connectivity index (χ1n) is 5.86. The van der Waals surface area contributed by atoms with Gasteiger partial charge < -0.3 is 5.32 Å². The van der Waals surface area contributed by atoms with E-state index in [1.165, 1.54) is 5.56 Å². The van der Waals surface area contributed by atoms with Crippen LogP contribution in [0.25, 0.3) is 0 Å². The van der Waals surface area contributed by atoms with Gasteiger partial charge >= 0.3 is 0 Å². The summed E-state index contributed by atoms with van der Waals surface area (Å²) in [5.74, 6) is 0. The maximum atomic E-state index is 5.98. The van der Waals surface area contributed by atoms with E-state index in [0.29, 0.717) is 6.04 Å². The van der Waals surface area contributed by atoms with E-state index in [0.717, 1.165) is 17.1 Å². The molecule has 1 atom stereocenters. The Morgan fingerprint density at radius 2 is 1.82 bits per heavy atom. The van der Waals surface area contributed by atoms with Gasteiger partial charge in [-0.25, -0.2) is 0 Å². The van der Waals surface area contributed by atoms with Crippen molar-refractivity contribution in [3.05, 3.63) is 65.2 Å². The largest absolute Gasteiger partial charge is 0.378 e. The molecule has 88 valence electrons. The predicted molar refractivity (Wildman–Crippen MR) is 74.5 cm³/mol. The first kappa shape index (κ1) is 12.0. The lowest BCUT2D eigenvalue weighted by molar-refractivity contribution is 0.749. The molecule has 1 N–H and O–H groups in total. The molecule has 2 aromatic rings. The lowest BCUT2D eigenvalue weighted by Gasteiger charge is -2.18. The molecule has 0 spiro atoms. The SMILES string of the molecule is CCC(Nc1cccc(Cl)c1)c1ccccc1. The molecule has 0 bridgehead atoms. The number of rotatable bonds is 4. The maximum Gasteiger partial charge on any atom is 0.0511 e. The monoisotopic (exact) mass is 245 g/mol. The minimum absolute atomic E-state index is 0.328. The third-order valence-electron chi connectivity index (χ3n) is 2.78. The normalized spacial score (nSPS) is 12.1. The lowest BCUT2D eigenvalue weighted by atomic mass is 10.0. The van der Waals surface area contributed by atoms with E-state index >= 15 is 0 Å². The van der Waals surface area contributed by atoms with Gasteiger partial charge in [0.1, 0.15) is 0 Å². The van der Waals surface area contributed by atoms with Crippen molar-refractivity contribution in [3.8, 4) is 0 Å². The fourth-order valence-electron chi connectivity index (χ4n) is 1.89. The third-order valence-corrected chi connectivity index (χ3v) is 3.01. The summed E-state index contributed by atoms with van der Waals surface area (Å²) in [6, 6.07) is 18.6. The minimum Gasteiger partial charge on any atom is -0.378 e. The number of hydrogen-bond donors (Lipinski definition) is 1. The molecule has 0 amide bonds. The molecule has 0 aliphatic heterocycles. The van der Waals surface area contributed by atoms with E-state index < -0.39 is 0 Å². The van der Waals surface area contributed by atoms with Gasteiger partial charge in [0.15, 0.2) is 0 Å². The third kappa shape index (κ3) is 3.24. The molecule has 17 heavy (non-hydrogen) atoms. The van der Waals surface area contributed by atoms with Crippen molar-refractivity contribution in [1.29, 1.82) is 0 Å². The summed E-state index contributed by atoms with van der Waals surface area (Å²) in [4.78, 5) is 0. The van der Waals surface area contributed by atoms with Crippen LogP contribution in [-0.4, -0.2) is 0 Å². The molecule has 0 heterocycles. The van der Waals surface area contributed by atoms with Gasteiger partial charge in [0.05, 0.1) is 6.04 Å². The zero-order valence-electron chi connectivity index (χ0n) is 9.86. The van der Waals surface area contributed by atoms with Crippen molar-refractivity contribution >= 4 is 17.3 Å². The van der Waals surface area contributed by atoms with E-state index in [4.69, 9.17) is 11.6 Å². The van der Waals surface area contributed by atoms with Crippen LogP contribution in [0.1, 0.15) is 24.9 Å². The van der Waals surface area contributed by atoms with Crippen LogP contribution in [0.4, 0.5) is 5.69 Å². The first-order chi connectivity index (χ1) is 8.29. The molecule has 0 aliphatic rings. The molecule has 2 rings (SSSR count). The molecule has 2 aromatic carbocycles. The Hall–Kier alpha value is -1.47. The second-order valence-electron chi connectivity index (χ2n) is 4.03. The summed E-state index contributed by atoms with van der Waals surface area (Å²) in [5, 5.41) is 4.26. The fourth-order valence-corrected chi connectivity index (χ4v) is 2.08. The van der Waals surface area contributed by atoms with E-state index in [1.807, 2.05) is 30.3 Å². The number of benzene rings is 2. The Morgan fingerprint density at radius 1 is 1.06 bits per heavy atom. The zero-order valence-corrected chi connectivity index (χ0v) is 10.6. The van der Waals surface area contributed by atoms with Gasteiger partial charge in [-0.2, -0.15) is 0 Å². The highest BCUT2D eigenvalue weighted by Crippen LogP contribution is 2.23. The molecule has 0 aliphatic carbocycles. The van der Waals surface area contributed by atoms with Crippen LogP contribution in [0.3, 0.4) is 0 Å². The summed E-state index contributed by atoms with van der Waals surface area (Å²) >= 11 is 5.98. The predicted octanol–water partition coefficient (Wildman–Crippen LogP) is 4.90. The lowest BCUT2D eigenvalue weighted by Crippen LogP contribution is -2.09. The summed E-state index contributed by atoms with van der Waals surface area (Å²) in [5.41, 5.74) is 2.36. The molecule has 0 saturated heterocycles. The van der Waals surface area contributed by atoms with E-state index in [-0.39, 0.29) is 0 Å². The van der Waals surface area contributed by atoms with Crippen molar-refractivity contribution in [3.63, 3.8) is 0 Å². The van der Waals surface area contributed by atoms with Gasteiger partial charge in [-0.1, -0.05) is 54.9 Å². The van der Waals surface area contributed by atoms with Gasteiger partial charge in [-0.15, -0.1) is 0 Å². The average molecular weight is 246 g/mol. The topological polar surface area (TPSA) is 12.0 Å². The van der Waals surface area contributed by atoms with Gasteiger partial charge in [-0.05, 0) is 30.2 Å². The Kier molecular flexibility index (Phi) is 4.05. The Bertz CT molecular complexity index is 467. The highest BCUT2D eigenvalue weighted by Gasteiger charge is 2.08. The molecule has 1 unspecified atom stereocenters. The highest BCUT2D eigenvalue weighted by molar-refractivity contribution is 6.30. The quantitative estimate of drug-likeness (QED) is 0.808. The molecule has 1 nitrogen and oxygen atoms in total. The number of halogens is 1. The molecule has 2 heteroatoms.